The lowest BCUT2D eigenvalue weighted by molar-refractivity contribution is 0.340. The molecular weight excluding hydrogens is 252 g/mol. The number of hydrogen-bond donors (Lipinski definition) is 0. The molecule has 5 heteroatoms. The lowest BCUT2D eigenvalue weighted by atomic mass is 10.2. The Balaban J connectivity index is 1.92. The number of nitrogens with zero attached hydrogens (tertiary/aromatic N) is 4. The third-order valence-corrected chi connectivity index (χ3v) is 3.36. The summed E-state index contributed by atoms with van der Waals surface area (Å²) in [6.07, 6.45) is 3.69. The summed E-state index contributed by atoms with van der Waals surface area (Å²) >= 11 is 0. The van der Waals surface area contributed by atoms with Gasteiger partial charge in [-0.2, -0.15) is 5.10 Å². The molecule has 0 radical (unpaired) electrons. The maximum atomic E-state index is 5.53. The molecule has 0 aliphatic carbocycles. The van der Waals surface area contributed by atoms with Gasteiger partial charge < -0.3 is 9.30 Å². The predicted octanol–water partition coefficient (Wildman–Crippen LogP) is 2.70. The van der Waals surface area contributed by atoms with Crippen LogP contribution in [0.25, 0.3) is 10.9 Å². The van der Waals surface area contributed by atoms with Crippen molar-refractivity contribution in [3.8, 4) is 5.75 Å². The second-order valence-corrected chi connectivity index (χ2v) is 4.59. The van der Waals surface area contributed by atoms with E-state index in [4.69, 9.17) is 4.74 Å². The lowest BCUT2D eigenvalue weighted by Crippen LogP contribution is -2.08. The highest BCUT2D eigenvalue weighted by atomic mass is 16.5. The van der Waals surface area contributed by atoms with E-state index in [0.29, 0.717) is 6.61 Å². The van der Waals surface area contributed by atoms with Crippen LogP contribution in [0.4, 0.5) is 0 Å². The Morgan fingerprint density at radius 2 is 2.10 bits per heavy atom. The molecule has 2 aromatic heterocycles. The first-order chi connectivity index (χ1) is 9.81. The average Bonchev–Trinajstić information content (AvgIpc) is 3.06. The van der Waals surface area contributed by atoms with Gasteiger partial charge in [0.05, 0.1) is 13.2 Å². The fourth-order valence-electron chi connectivity index (χ4n) is 2.40. The maximum Gasteiger partial charge on any atom is 0.146 e. The second-order valence-electron chi connectivity index (χ2n) is 4.59. The van der Waals surface area contributed by atoms with Crippen LogP contribution in [-0.2, 0) is 13.1 Å². The van der Waals surface area contributed by atoms with E-state index in [-0.39, 0.29) is 0 Å². The highest BCUT2D eigenvalue weighted by molar-refractivity contribution is 5.81. The summed E-state index contributed by atoms with van der Waals surface area (Å²) in [7, 11) is 0. The average molecular weight is 270 g/mol. The quantitative estimate of drug-likeness (QED) is 0.716. The summed E-state index contributed by atoms with van der Waals surface area (Å²) in [6, 6.07) is 8.27. The zero-order valence-corrected chi connectivity index (χ0v) is 11.8. The number of fused-ring (bicyclic) bond motifs is 1. The fraction of sp³-hybridized carbons (Fsp3) is 0.333. The van der Waals surface area contributed by atoms with Gasteiger partial charge in [-0.05, 0) is 38.1 Å². The van der Waals surface area contributed by atoms with Crippen LogP contribution >= 0.6 is 0 Å². The van der Waals surface area contributed by atoms with Crippen molar-refractivity contribution in [1.82, 2.24) is 19.3 Å². The monoisotopic (exact) mass is 270 g/mol. The van der Waals surface area contributed by atoms with E-state index in [9.17, 15) is 0 Å². The van der Waals surface area contributed by atoms with E-state index in [0.717, 1.165) is 24.7 Å². The van der Waals surface area contributed by atoms with Crippen LogP contribution in [0.1, 0.15) is 19.7 Å². The van der Waals surface area contributed by atoms with Crippen LogP contribution in [0.2, 0.25) is 0 Å². The molecule has 0 fully saturated rings. The van der Waals surface area contributed by atoms with Crippen molar-refractivity contribution in [3.63, 3.8) is 0 Å². The largest absolute Gasteiger partial charge is 0.494 e. The summed E-state index contributed by atoms with van der Waals surface area (Å²) in [5.74, 6) is 1.88. The van der Waals surface area contributed by atoms with Crippen molar-refractivity contribution in [2.45, 2.75) is 26.9 Å². The first-order valence-electron chi connectivity index (χ1n) is 6.90. The van der Waals surface area contributed by atoms with E-state index in [1.807, 2.05) is 17.7 Å². The van der Waals surface area contributed by atoms with Gasteiger partial charge in [-0.3, -0.25) is 0 Å². The molecule has 2 heterocycles. The molecule has 0 amide bonds. The van der Waals surface area contributed by atoms with Gasteiger partial charge in [0.15, 0.2) is 0 Å². The molecule has 0 spiro atoms. The number of benzene rings is 1. The number of aryl methyl sites for hydroxylation is 1. The molecule has 0 saturated carbocycles. The molecule has 0 aliphatic heterocycles. The topological polar surface area (TPSA) is 44.9 Å². The van der Waals surface area contributed by atoms with Gasteiger partial charge in [-0.1, -0.05) is 0 Å². The van der Waals surface area contributed by atoms with Crippen LogP contribution in [0.15, 0.2) is 36.8 Å². The van der Waals surface area contributed by atoms with Gasteiger partial charge in [0.25, 0.3) is 0 Å². The highest BCUT2D eigenvalue weighted by Gasteiger charge is 2.07. The first kappa shape index (κ1) is 12.7. The molecule has 0 atom stereocenters. The SMILES string of the molecule is CCOc1ccc2c(ccn2Cc2ncnn2CC)c1. The van der Waals surface area contributed by atoms with Crippen molar-refractivity contribution in [2.24, 2.45) is 0 Å². The molecule has 5 nitrogen and oxygen atoms in total. The minimum absolute atomic E-state index is 0.686. The summed E-state index contributed by atoms with van der Waals surface area (Å²) < 4.78 is 9.63. The third kappa shape index (κ3) is 2.27. The van der Waals surface area contributed by atoms with Crippen LogP contribution in [0.5, 0.6) is 5.75 Å². The van der Waals surface area contributed by atoms with Gasteiger partial charge >= 0.3 is 0 Å². The van der Waals surface area contributed by atoms with Crippen molar-refractivity contribution >= 4 is 10.9 Å². The molecule has 0 saturated heterocycles. The molecule has 0 unspecified atom stereocenters. The number of ether oxygens (including phenoxy) is 1. The van der Waals surface area contributed by atoms with Crippen LogP contribution in [0.3, 0.4) is 0 Å². The molecule has 1 aromatic carbocycles. The summed E-state index contributed by atoms with van der Waals surface area (Å²) in [5, 5.41) is 5.39. The smallest absolute Gasteiger partial charge is 0.146 e. The van der Waals surface area contributed by atoms with Crippen LogP contribution in [-0.4, -0.2) is 25.9 Å². The molecule has 3 aromatic rings. The minimum Gasteiger partial charge on any atom is -0.494 e. The Labute approximate surface area is 117 Å². The van der Waals surface area contributed by atoms with Gasteiger partial charge in [0.1, 0.15) is 17.9 Å². The minimum atomic E-state index is 0.686. The molecule has 20 heavy (non-hydrogen) atoms. The molecule has 0 bridgehead atoms. The standard InChI is InChI=1S/C15H18N4O/c1-3-19-15(16-11-17-19)10-18-8-7-12-9-13(20-4-2)5-6-14(12)18/h5-9,11H,3-4,10H2,1-2H3. The normalized spacial score (nSPS) is 11.1. The predicted molar refractivity (Wildman–Crippen MR) is 77.9 cm³/mol. The Morgan fingerprint density at radius 1 is 1.20 bits per heavy atom. The van der Waals surface area contributed by atoms with Gasteiger partial charge in [0.2, 0.25) is 0 Å². The van der Waals surface area contributed by atoms with Gasteiger partial charge in [-0.15, -0.1) is 0 Å². The molecule has 3 rings (SSSR count). The second kappa shape index (κ2) is 5.36. The van der Waals surface area contributed by atoms with Crippen molar-refractivity contribution in [2.75, 3.05) is 6.61 Å². The van der Waals surface area contributed by atoms with E-state index in [1.54, 1.807) is 6.33 Å². The van der Waals surface area contributed by atoms with E-state index in [2.05, 4.69) is 46.0 Å². The zero-order chi connectivity index (χ0) is 13.9. The Hall–Kier alpha value is -2.30. The van der Waals surface area contributed by atoms with E-state index in [1.165, 1.54) is 10.9 Å². The summed E-state index contributed by atoms with van der Waals surface area (Å²) in [6.45, 7) is 6.31. The molecule has 104 valence electrons. The van der Waals surface area contributed by atoms with Crippen molar-refractivity contribution < 1.29 is 4.74 Å². The first-order valence-corrected chi connectivity index (χ1v) is 6.90. The lowest BCUT2D eigenvalue weighted by Gasteiger charge is -2.07. The Kier molecular flexibility index (Phi) is 3.41. The molecule has 0 aliphatic rings. The van der Waals surface area contributed by atoms with Crippen molar-refractivity contribution in [3.05, 3.63) is 42.6 Å². The summed E-state index contributed by atoms with van der Waals surface area (Å²) in [4.78, 5) is 4.32. The number of aromatic nitrogens is 4. The number of hydrogen-bond acceptors (Lipinski definition) is 3. The van der Waals surface area contributed by atoms with Crippen molar-refractivity contribution in [1.29, 1.82) is 0 Å². The Morgan fingerprint density at radius 3 is 2.90 bits per heavy atom. The van der Waals surface area contributed by atoms with Crippen LogP contribution < -0.4 is 4.74 Å². The number of rotatable bonds is 5. The van der Waals surface area contributed by atoms with E-state index < -0.39 is 0 Å². The van der Waals surface area contributed by atoms with Gasteiger partial charge in [0, 0.05) is 23.6 Å². The Bertz CT molecular complexity index is 714. The fourth-order valence-corrected chi connectivity index (χ4v) is 2.40. The summed E-state index contributed by atoms with van der Waals surface area (Å²) in [5.41, 5.74) is 1.18. The zero-order valence-electron chi connectivity index (χ0n) is 11.8. The molecule has 0 N–H and O–H groups in total. The highest BCUT2D eigenvalue weighted by Crippen LogP contribution is 2.22. The van der Waals surface area contributed by atoms with Gasteiger partial charge in [-0.25, -0.2) is 9.67 Å². The third-order valence-electron chi connectivity index (χ3n) is 3.36. The van der Waals surface area contributed by atoms with Crippen LogP contribution in [0, 0.1) is 0 Å². The maximum absolute atomic E-state index is 5.53. The van der Waals surface area contributed by atoms with E-state index >= 15 is 0 Å². The molecular formula is C15H18N4O.